The van der Waals surface area contributed by atoms with Gasteiger partial charge in [0, 0.05) is 18.5 Å². The number of carbonyl (C=O) groups is 1. The van der Waals surface area contributed by atoms with Gasteiger partial charge in [0.1, 0.15) is 11.9 Å². The van der Waals surface area contributed by atoms with Gasteiger partial charge in [0.2, 0.25) is 0 Å². The molecule has 1 heterocycles. The number of Topliss-reactive ketones (excluding diaryl/α,β-unsaturated/α-hetero) is 1. The number of nitrogens with zero attached hydrogens (tertiary/aromatic N) is 1. The molecule has 0 fully saturated rings. The fourth-order valence-corrected chi connectivity index (χ4v) is 3.39. The number of anilines is 1. The van der Waals surface area contributed by atoms with Crippen molar-refractivity contribution in [3.05, 3.63) is 96.1 Å². The first kappa shape index (κ1) is 16.4. The van der Waals surface area contributed by atoms with E-state index in [1.807, 2.05) is 54.6 Å². The van der Waals surface area contributed by atoms with Crippen LogP contribution in [0.3, 0.4) is 0 Å². The van der Waals surface area contributed by atoms with Crippen molar-refractivity contribution in [2.24, 2.45) is 0 Å². The van der Waals surface area contributed by atoms with E-state index in [1.165, 1.54) is 5.56 Å². The van der Waals surface area contributed by atoms with E-state index in [0.29, 0.717) is 13.0 Å². The third-order valence-corrected chi connectivity index (χ3v) is 4.65. The normalized spacial score (nSPS) is 15.8. The van der Waals surface area contributed by atoms with Crippen molar-refractivity contribution < 1.29 is 9.53 Å². The van der Waals surface area contributed by atoms with Crippen LogP contribution >= 0.6 is 0 Å². The number of ketones is 1. The van der Waals surface area contributed by atoms with E-state index >= 15 is 0 Å². The highest BCUT2D eigenvalue weighted by Gasteiger charge is 2.27. The lowest BCUT2D eigenvalue weighted by Crippen LogP contribution is -2.40. The standard InChI is InChI=1S/C23H21NO2/c25-22(19-11-5-2-6-12-19)15-20-17-24(16-18-9-3-1-4-10-18)21-13-7-8-14-23(21)26-20/h1-14,20H,15-17H2/t20-/m0/s1. The van der Waals surface area contributed by atoms with E-state index in [1.54, 1.807) is 0 Å². The van der Waals surface area contributed by atoms with E-state index in [-0.39, 0.29) is 11.9 Å². The average molecular weight is 343 g/mol. The van der Waals surface area contributed by atoms with Gasteiger partial charge >= 0.3 is 0 Å². The van der Waals surface area contributed by atoms with E-state index in [4.69, 9.17) is 4.74 Å². The lowest BCUT2D eigenvalue weighted by Gasteiger charge is -2.36. The first-order valence-electron chi connectivity index (χ1n) is 8.92. The van der Waals surface area contributed by atoms with Crippen molar-refractivity contribution >= 4 is 11.5 Å². The van der Waals surface area contributed by atoms with Gasteiger partial charge in [-0.1, -0.05) is 72.8 Å². The molecule has 0 saturated carbocycles. The van der Waals surface area contributed by atoms with Crippen LogP contribution in [0.15, 0.2) is 84.9 Å². The molecule has 4 rings (SSSR count). The number of carbonyl (C=O) groups excluding carboxylic acids is 1. The minimum absolute atomic E-state index is 0.120. The number of hydrogen-bond acceptors (Lipinski definition) is 3. The van der Waals surface area contributed by atoms with Crippen LogP contribution in [-0.4, -0.2) is 18.4 Å². The Hall–Kier alpha value is -3.07. The minimum atomic E-state index is -0.152. The molecule has 26 heavy (non-hydrogen) atoms. The molecular formula is C23H21NO2. The zero-order valence-electron chi connectivity index (χ0n) is 14.5. The molecule has 0 N–H and O–H groups in total. The lowest BCUT2D eigenvalue weighted by molar-refractivity contribution is 0.0903. The number of rotatable bonds is 5. The predicted molar refractivity (Wildman–Crippen MR) is 104 cm³/mol. The topological polar surface area (TPSA) is 29.5 Å². The second-order valence-corrected chi connectivity index (χ2v) is 6.57. The van der Waals surface area contributed by atoms with Crippen LogP contribution in [0.5, 0.6) is 5.75 Å². The Bertz CT molecular complexity index is 877. The Balaban J connectivity index is 1.54. The molecule has 130 valence electrons. The highest BCUT2D eigenvalue weighted by atomic mass is 16.5. The van der Waals surface area contributed by atoms with Gasteiger partial charge in [-0.05, 0) is 17.7 Å². The largest absolute Gasteiger partial charge is 0.486 e. The van der Waals surface area contributed by atoms with Crippen LogP contribution in [0.4, 0.5) is 5.69 Å². The minimum Gasteiger partial charge on any atom is -0.486 e. The van der Waals surface area contributed by atoms with Gasteiger partial charge in [-0.15, -0.1) is 0 Å². The highest BCUT2D eigenvalue weighted by Crippen LogP contribution is 2.35. The third-order valence-electron chi connectivity index (χ3n) is 4.65. The van der Waals surface area contributed by atoms with E-state index in [0.717, 1.165) is 23.5 Å². The maximum absolute atomic E-state index is 12.6. The molecule has 0 aromatic heterocycles. The first-order chi connectivity index (χ1) is 12.8. The molecule has 3 aromatic rings. The Kier molecular flexibility index (Phi) is 4.69. The van der Waals surface area contributed by atoms with Gasteiger partial charge in [0.25, 0.3) is 0 Å². The van der Waals surface area contributed by atoms with Crippen molar-refractivity contribution in [1.29, 1.82) is 0 Å². The molecule has 3 aromatic carbocycles. The van der Waals surface area contributed by atoms with Crippen LogP contribution in [0, 0.1) is 0 Å². The summed E-state index contributed by atoms with van der Waals surface area (Å²) < 4.78 is 6.13. The van der Waals surface area contributed by atoms with Crippen LogP contribution in [0.1, 0.15) is 22.3 Å². The fraction of sp³-hybridized carbons (Fsp3) is 0.174. The average Bonchev–Trinajstić information content (AvgIpc) is 2.69. The summed E-state index contributed by atoms with van der Waals surface area (Å²) in [6, 6.07) is 27.9. The van der Waals surface area contributed by atoms with Gasteiger partial charge < -0.3 is 9.64 Å². The second kappa shape index (κ2) is 7.44. The lowest BCUT2D eigenvalue weighted by atomic mass is 10.0. The van der Waals surface area contributed by atoms with Crippen molar-refractivity contribution in [3.63, 3.8) is 0 Å². The third kappa shape index (κ3) is 3.62. The molecule has 0 saturated heterocycles. The Morgan fingerprint density at radius 3 is 2.31 bits per heavy atom. The molecule has 0 unspecified atom stereocenters. The van der Waals surface area contributed by atoms with Gasteiger partial charge in [0.15, 0.2) is 5.78 Å². The van der Waals surface area contributed by atoms with Crippen LogP contribution in [0.2, 0.25) is 0 Å². The number of benzene rings is 3. The number of para-hydroxylation sites is 2. The molecule has 0 spiro atoms. The molecule has 3 heteroatoms. The van der Waals surface area contributed by atoms with Crippen molar-refractivity contribution in [3.8, 4) is 5.75 Å². The molecule has 3 nitrogen and oxygen atoms in total. The molecule has 0 bridgehead atoms. The summed E-state index contributed by atoms with van der Waals surface area (Å²) in [5, 5.41) is 0. The zero-order valence-corrected chi connectivity index (χ0v) is 14.5. The number of fused-ring (bicyclic) bond motifs is 1. The molecular weight excluding hydrogens is 322 g/mol. The maximum Gasteiger partial charge on any atom is 0.166 e. The fourth-order valence-electron chi connectivity index (χ4n) is 3.39. The Labute approximate surface area is 153 Å². The zero-order chi connectivity index (χ0) is 17.8. The van der Waals surface area contributed by atoms with E-state index < -0.39 is 0 Å². The van der Waals surface area contributed by atoms with Crippen molar-refractivity contribution in [1.82, 2.24) is 0 Å². The summed E-state index contributed by atoms with van der Waals surface area (Å²) in [4.78, 5) is 14.9. The van der Waals surface area contributed by atoms with Gasteiger partial charge in [0.05, 0.1) is 12.2 Å². The van der Waals surface area contributed by atoms with Gasteiger partial charge in [-0.3, -0.25) is 4.79 Å². The summed E-state index contributed by atoms with van der Waals surface area (Å²) >= 11 is 0. The Morgan fingerprint density at radius 2 is 1.54 bits per heavy atom. The molecule has 0 radical (unpaired) electrons. The van der Waals surface area contributed by atoms with Gasteiger partial charge in [-0.2, -0.15) is 0 Å². The number of ether oxygens (including phenoxy) is 1. The Morgan fingerprint density at radius 1 is 0.885 bits per heavy atom. The summed E-state index contributed by atoms with van der Waals surface area (Å²) in [7, 11) is 0. The van der Waals surface area contributed by atoms with Crippen LogP contribution in [0.25, 0.3) is 0 Å². The second-order valence-electron chi connectivity index (χ2n) is 6.57. The smallest absolute Gasteiger partial charge is 0.166 e. The summed E-state index contributed by atoms with van der Waals surface area (Å²) in [5.74, 6) is 0.968. The van der Waals surface area contributed by atoms with Crippen molar-refractivity contribution in [2.45, 2.75) is 19.1 Å². The van der Waals surface area contributed by atoms with E-state index in [9.17, 15) is 4.79 Å². The van der Waals surface area contributed by atoms with E-state index in [2.05, 4.69) is 35.2 Å². The summed E-state index contributed by atoms with van der Waals surface area (Å²) in [6.45, 7) is 1.50. The highest BCUT2D eigenvalue weighted by molar-refractivity contribution is 5.96. The molecule has 0 amide bonds. The molecule has 1 aliphatic rings. The SMILES string of the molecule is O=C(C[C@H]1CN(Cc2ccccc2)c2ccccc2O1)c1ccccc1. The quantitative estimate of drug-likeness (QED) is 0.627. The van der Waals surface area contributed by atoms with Crippen molar-refractivity contribution in [2.75, 3.05) is 11.4 Å². The van der Waals surface area contributed by atoms with Crippen LogP contribution in [-0.2, 0) is 6.54 Å². The van der Waals surface area contributed by atoms with Gasteiger partial charge in [-0.25, -0.2) is 0 Å². The number of hydrogen-bond donors (Lipinski definition) is 0. The molecule has 1 atom stereocenters. The predicted octanol–water partition coefficient (Wildman–Crippen LogP) is 4.73. The molecule has 1 aliphatic heterocycles. The first-order valence-corrected chi connectivity index (χ1v) is 8.92. The maximum atomic E-state index is 12.6. The summed E-state index contributed by atoms with van der Waals surface area (Å²) in [5.41, 5.74) is 3.07. The summed E-state index contributed by atoms with van der Waals surface area (Å²) in [6.07, 6.45) is 0.227. The monoisotopic (exact) mass is 343 g/mol. The molecule has 0 aliphatic carbocycles. The van der Waals surface area contributed by atoms with Crippen LogP contribution < -0.4 is 9.64 Å².